The van der Waals surface area contributed by atoms with Crippen LogP contribution in [-0.2, 0) is 14.3 Å². The van der Waals surface area contributed by atoms with Crippen LogP contribution in [0.4, 0.5) is 0 Å². The summed E-state index contributed by atoms with van der Waals surface area (Å²) in [6.07, 6.45) is 5.60. The molecule has 0 bridgehead atoms. The van der Waals surface area contributed by atoms with Crippen molar-refractivity contribution in [3.63, 3.8) is 0 Å². The third-order valence-corrected chi connectivity index (χ3v) is 3.02. The summed E-state index contributed by atoms with van der Waals surface area (Å²) in [6.45, 7) is 6.13. The predicted octanol–water partition coefficient (Wildman–Crippen LogP) is 1.61. The zero-order valence-electron chi connectivity index (χ0n) is 12.6. The summed E-state index contributed by atoms with van der Waals surface area (Å²) < 4.78 is 4.69. The van der Waals surface area contributed by atoms with Crippen molar-refractivity contribution in [2.45, 2.75) is 65.0 Å². The van der Waals surface area contributed by atoms with Crippen molar-refractivity contribution in [2.24, 2.45) is 0 Å². The zero-order valence-corrected chi connectivity index (χ0v) is 12.6. The Balaban J connectivity index is 4.30. The Labute approximate surface area is 116 Å². The highest BCUT2D eigenvalue weighted by Crippen LogP contribution is 2.06. The van der Waals surface area contributed by atoms with Crippen molar-refractivity contribution >= 4 is 11.9 Å². The Kier molecular flexibility index (Phi) is 10.2. The number of carbonyl (C=O) groups is 2. The highest BCUT2D eigenvalue weighted by molar-refractivity contribution is 5.83. The van der Waals surface area contributed by atoms with Crippen molar-refractivity contribution in [3.8, 4) is 0 Å². The molecule has 5 nitrogen and oxygen atoms in total. The van der Waals surface area contributed by atoms with Crippen LogP contribution >= 0.6 is 0 Å². The van der Waals surface area contributed by atoms with Gasteiger partial charge < -0.3 is 15.4 Å². The molecule has 0 aliphatic carbocycles. The summed E-state index contributed by atoms with van der Waals surface area (Å²) in [5.41, 5.74) is 0. The maximum absolute atomic E-state index is 11.6. The monoisotopic (exact) mass is 272 g/mol. The third kappa shape index (κ3) is 8.59. The topological polar surface area (TPSA) is 67.4 Å². The summed E-state index contributed by atoms with van der Waals surface area (Å²) in [6, 6.07) is -0.214. The van der Waals surface area contributed by atoms with Crippen LogP contribution < -0.4 is 10.6 Å². The largest absolute Gasteiger partial charge is 0.467 e. The summed E-state index contributed by atoms with van der Waals surface area (Å²) >= 11 is 0. The van der Waals surface area contributed by atoms with E-state index in [0.717, 1.165) is 25.7 Å². The Morgan fingerprint density at radius 2 is 1.84 bits per heavy atom. The lowest BCUT2D eigenvalue weighted by Gasteiger charge is -2.22. The summed E-state index contributed by atoms with van der Waals surface area (Å²) in [5, 5.41) is 5.97. The molecule has 0 aromatic carbocycles. The quantitative estimate of drug-likeness (QED) is 0.593. The number of esters is 1. The van der Waals surface area contributed by atoms with Crippen LogP contribution in [0.3, 0.4) is 0 Å². The molecule has 2 N–H and O–H groups in total. The van der Waals surface area contributed by atoms with E-state index in [2.05, 4.69) is 24.5 Å². The second kappa shape index (κ2) is 10.8. The fourth-order valence-corrected chi connectivity index (χ4v) is 2.01. The average Bonchev–Trinajstić information content (AvgIpc) is 2.38. The summed E-state index contributed by atoms with van der Waals surface area (Å²) in [5.74, 6) is -0.633. The van der Waals surface area contributed by atoms with Gasteiger partial charge in [-0.3, -0.25) is 4.79 Å². The lowest BCUT2D eigenvalue weighted by molar-refractivity contribution is -0.144. The van der Waals surface area contributed by atoms with E-state index < -0.39 is 12.0 Å². The third-order valence-electron chi connectivity index (χ3n) is 3.02. The molecule has 0 fully saturated rings. The van der Waals surface area contributed by atoms with Crippen molar-refractivity contribution in [1.29, 1.82) is 0 Å². The Bertz CT molecular complexity index is 269. The van der Waals surface area contributed by atoms with Gasteiger partial charge in [-0.05, 0) is 12.8 Å². The molecule has 0 saturated heterocycles. The van der Waals surface area contributed by atoms with Gasteiger partial charge in [-0.1, -0.05) is 33.1 Å². The van der Waals surface area contributed by atoms with Gasteiger partial charge in [0.2, 0.25) is 5.91 Å². The minimum Gasteiger partial charge on any atom is -0.467 e. The molecule has 1 amide bonds. The normalized spacial score (nSPS) is 13.7. The maximum atomic E-state index is 11.6. The molecular formula is C14H28N2O3. The number of nitrogens with one attached hydrogen (secondary N) is 2. The SMILES string of the molecule is CCCCC(CCC)NCC(NC(C)=O)C(=O)OC. The van der Waals surface area contributed by atoms with Gasteiger partial charge in [0.15, 0.2) is 0 Å². The van der Waals surface area contributed by atoms with Crippen LogP contribution in [0.1, 0.15) is 52.9 Å². The first kappa shape index (κ1) is 17.9. The van der Waals surface area contributed by atoms with Crippen molar-refractivity contribution in [2.75, 3.05) is 13.7 Å². The number of hydrogen-bond donors (Lipinski definition) is 2. The summed E-state index contributed by atoms with van der Waals surface area (Å²) in [7, 11) is 1.33. The van der Waals surface area contributed by atoms with E-state index in [1.54, 1.807) is 0 Å². The molecule has 0 aliphatic rings. The van der Waals surface area contributed by atoms with E-state index >= 15 is 0 Å². The molecule has 0 rings (SSSR count). The number of carbonyl (C=O) groups excluding carboxylic acids is 2. The predicted molar refractivity (Wildman–Crippen MR) is 75.8 cm³/mol. The van der Waals surface area contributed by atoms with Crippen LogP contribution in [0.2, 0.25) is 0 Å². The lowest BCUT2D eigenvalue weighted by Crippen LogP contribution is -2.49. The van der Waals surface area contributed by atoms with E-state index in [1.165, 1.54) is 20.5 Å². The van der Waals surface area contributed by atoms with Crippen LogP contribution in [0.15, 0.2) is 0 Å². The van der Waals surface area contributed by atoms with Crippen molar-refractivity contribution < 1.29 is 14.3 Å². The van der Waals surface area contributed by atoms with Crippen molar-refractivity contribution in [1.82, 2.24) is 10.6 Å². The molecule has 0 saturated carbocycles. The number of rotatable bonds is 10. The Morgan fingerprint density at radius 3 is 2.32 bits per heavy atom. The van der Waals surface area contributed by atoms with Gasteiger partial charge in [-0.25, -0.2) is 4.79 Å². The molecule has 0 aromatic heterocycles. The zero-order chi connectivity index (χ0) is 14.7. The Hall–Kier alpha value is -1.10. The molecule has 112 valence electrons. The van der Waals surface area contributed by atoms with E-state index in [1.807, 2.05) is 0 Å². The molecule has 0 radical (unpaired) electrons. The highest BCUT2D eigenvalue weighted by Gasteiger charge is 2.21. The molecule has 0 spiro atoms. The number of hydrogen-bond acceptors (Lipinski definition) is 4. The first-order chi connectivity index (χ1) is 9.04. The molecule has 5 heteroatoms. The number of ether oxygens (including phenoxy) is 1. The molecule has 0 aliphatic heterocycles. The first-order valence-corrected chi connectivity index (χ1v) is 7.13. The molecule has 2 unspecified atom stereocenters. The Morgan fingerprint density at radius 1 is 1.16 bits per heavy atom. The summed E-state index contributed by atoms with van der Waals surface area (Å²) in [4.78, 5) is 22.6. The van der Waals surface area contributed by atoms with Crippen LogP contribution in [-0.4, -0.2) is 37.6 Å². The molecule has 19 heavy (non-hydrogen) atoms. The smallest absolute Gasteiger partial charge is 0.329 e. The maximum Gasteiger partial charge on any atom is 0.329 e. The van der Waals surface area contributed by atoms with Gasteiger partial charge in [-0.2, -0.15) is 0 Å². The minimum atomic E-state index is -0.608. The van der Waals surface area contributed by atoms with Gasteiger partial charge >= 0.3 is 5.97 Å². The standard InChI is InChI=1S/C14H28N2O3/c1-5-7-9-12(8-6-2)15-10-13(14(18)19-4)16-11(3)17/h12-13,15H,5-10H2,1-4H3,(H,16,17). The fourth-order valence-electron chi connectivity index (χ4n) is 2.01. The second-order valence-electron chi connectivity index (χ2n) is 4.81. The van der Waals surface area contributed by atoms with E-state index in [0.29, 0.717) is 12.6 Å². The minimum absolute atomic E-state index is 0.224. The van der Waals surface area contributed by atoms with E-state index in [4.69, 9.17) is 4.74 Å². The van der Waals surface area contributed by atoms with E-state index in [-0.39, 0.29) is 5.91 Å². The fraction of sp³-hybridized carbons (Fsp3) is 0.857. The van der Waals surface area contributed by atoms with Gasteiger partial charge in [-0.15, -0.1) is 0 Å². The number of methoxy groups -OCH3 is 1. The molecule has 0 aromatic rings. The molecular weight excluding hydrogens is 244 g/mol. The molecule has 0 heterocycles. The van der Waals surface area contributed by atoms with E-state index in [9.17, 15) is 9.59 Å². The first-order valence-electron chi connectivity index (χ1n) is 7.13. The van der Waals surface area contributed by atoms with Gasteiger partial charge in [0.05, 0.1) is 7.11 Å². The highest BCUT2D eigenvalue weighted by atomic mass is 16.5. The van der Waals surface area contributed by atoms with Gasteiger partial charge in [0.25, 0.3) is 0 Å². The van der Waals surface area contributed by atoms with Crippen LogP contribution in [0, 0.1) is 0 Å². The second-order valence-corrected chi connectivity index (χ2v) is 4.81. The molecule has 2 atom stereocenters. The van der Waals surface area contributed by atoms with Gasteiger partial charge in [0.1, 0.15) is 6.04 Å². The van der Waals surface area contributed by atoms with Gasteiger partial charge in [0, 0.05) is 19.5 Å². The lowest BCUT2D eigenvalue weighted by atomic mass is 10.0. The van der Waals surface area contributed by atoms with Crippen LogP contribution in [0.5, 0.6) is 0 Å². The number of amides is 1. The van der Waals surface area contributed by atoms with Crippen molar-refractivity contribution in [3.05, 3.63) is 0 Å². The average molecular weight is 272 g/mol. The van der Waals surface area contributed by atoms with Crippen LogP contribution in [0.25, 0.3) is 0 Å². The number of unbranched alkanes of at least 4 members (excludes halogenated alkanes) is 1.